The van der Waals surface area contributed by atoms with E-state index in [-0.39, 0.29) is 31.0 Å². The summed E-state index contributed by atoms with van der Waals surface area (Å²) in [6.07, 6.45) is 0. The molecule has 25 heavy (non-hydrogen) atoms. The molecule has 0 amide bonds. The van der Waals surface area contributed by atoms with Crippen molar-refractivity contribution in [3.63, 3.8) is 0 Å². The Labute approximate surface area is 177 Å². The molecule has 9 heteroatoms. The van der Waals surface area contributed by atoms with E-state index in [2.05, 4.69) is 0 Å². The van der Waals surface area contributed by atoms with Gasteiger partial charge in [-0.3, -0.25) is 9.59 Å². The van der Waals surface area contributed by atoms with Crippen LogP contribution in [0.4, 0.5) is 0 Å². The summed E-state index contributed by atoms with van der Waals surface area (Å²) in [7, 11) is 0. The predicted octanol–water partition coefficient (Wildman–Crippen LogP) is 5.03. The fraction of sp³-hybridized carbons (Fsp3) is 0.125. The van der Waals surface area contributed by atoms with Crippen molar-refractivity contribution in [1.29, 1.82) is 0 Å². The minimum absolute atomic E-state index is 0. The molecule has 4 nitrogen and oxygen atoms in total. The fourth-order valence-corrected chi connectivity index (χ4v) is 2.84. The number of rotatable bonds is 6. The molecule has 0 aromatic heterocycles. The van der Waals surface area contributed by atoms with Crippen molar-refractivity contribution in [2.24, 2.45) is 0 Å². The number of thioether (sulfide) groups is 2. The smallest absolute Gasteiger partial charge is 0.313 e. The first-order valence-electron chi connectivity index (χ1n) is 6.57. The van der Waals surface area contributed by atoms with Crippen molar-refractivity contribution < 1.29 is 39.3 Å². The van der Waals surface area contributed by atoms with Crippen LogP contribution in [-0.2, 0) is 29.1 Å². The molecule has 130 valence electrons. The van der Waals surface area contributed by atoms with Crippen molar-refractivity contribution >= 4 is 58.7 Å². The van der Waals surface area contributed by atoms with Gasteiger partial charge in [-0.05, 0) is 48.5 Å². The van der Waals surface area contributed by atoms with Crippen molar-refractivity contribution in [1.82, 2.24) is 0 Å². The summed E-state index contributed by atoms with van der Waals surface area (Å²) in [6.45, 7) is 0. The number of hydrogen-bond acceptors (Lipinski definition) is 4. The number of carboxylic acids is 2. The van der Waals surface area contributed by atoms with E-state index in [0.29, 0.717) is 10.0 Å². The standard InChI is InChI=1S/2C8H7ClO2S.Zn/c2*9-6-1-3-7(4-2-6)12-5-8(10)11;/h2*1-4H,5H2,(H,10,11);. The Morgan fingerprint density at radius 2 is 1.00 bits per heavy atom. The minimum Gasteiger partial charge on any atom is -0.481 e. The van der Waals surface area contributed by atoms with Crippen LogP contribution in [0.25, 0.3) is 0 Å². The largest absolute Gasteiger partial charge is 0.481 e. The van der Waals surface area contributed by atoms with Gasteiger partial charge < -0.3 is 10.2 Å². The van der Waals surface area contributed by atoms with Crippen LogP contribution in [0.1, 0.15) is 0 Å². The molecule has 0 aliphatic rings. The second kappa shape index (κ2) is 13.5. The van der Waals surface area contributed by atoms with E-state index in [1.54, 1.807) is 48.5 Å². The molecule has 2 rings (SSSR count). The van der Waals surface area contributed by atoms with Crippen LogP contribution < -0.4 is 0 Å². The second-order valence-corrected chi connectivity index (χ2v) is 7.24. The molecule has 2 aromatic rings. The van der Waals surface area contributed by atoms with Crippen LogP contribution in [0.2, 0.25) is 10.0 Å². The van der Waals surface area contributed by atoms with Crippen molar-refractivity contribution in [3.05, 3.63) is 58.6 Å². The third-order valence-corrected chi connectivity index (χ3v) is 4.85. The molecule has 0 aliphatic heterocycles. The molecule has 0 atom stereocenters. The Hall–Kier alpha value is -0.717. The molecule has 0 radical (unpaired) electrons. The van der Waals surface area contributed by atoms with Crippen molar-refractivity contribution in [2.45, 2.75) is 9.79 Å². The summed E-state index contributed by atoms with van der Waals surface area (Å²) in [6, 6.07) is 14.2. The molecule has 0 fully saturated rings. The van der Waals surface area contributed by atoms with Gasteiger partial charge in [0.1, 0.15) is 0 Å². The second-order valence-electron chi connectivity index (χ2n) is 4.27. The first kappa shape index (κ1) is 24.3. The number of aliphatic carboxylic acids is 2. The van der Waals surface area contributed by atoms with Crippen LogP contribution >= 0.6 is 46.7 Å². The van der Waals surface area contributed by atoms with Gasteiger partial charge in [-0.15, -0.1) is 23.5 Å². The summed E-state index contributed by atoms with van der Waals surface area (Å²) < 4.78 is 0. The summed E-state index contributed by atoms with van der Waals surface area (Å²) in [5.41, 5.74) is 0. The molecule has 0 aliphatic carbocycles. The minimum atomic E-state index is -0.810. The van der Waals surface area contributed by atoms with Gasteiger partial charge in [0.05, 0.1) is 11.5 Å². The van der Waals surface area contributed by atoms with Gasteiger partial charge >= 0.3 is 11.9 Å². The van der Waals surface area contributed by atoms with Gasteiger partial charge in [0.15, 0.2) is 0 Å². The molecule has 0 bridgehead atoms. The summed E-state index contributed by atoms with van der Waals surface area (Å²) in [5, 5.41) is 18.1. The Bertz CT molecular complexity index is 607. The van der Waals surface area contributed by atoms with Gasteiger partial charge in [0, 0.05) is 39.3 Å². The fourth-order valence-electron chi connectivity index (χ4n) is 1.35. The van der Waals surface area contributed by atoms with Crippen LogP contribution in [0.5, 0.6) is 0 Å². The Balaban J connectivity index is 0.000000443. The van der Waals surface area contributed by atoms with E-state index in [1.165, 1.54) is 23.5 Å². The zero-order chi connectivity index (χ0) is 17.9. The summed E-state index contributed by atoms with van der Waals surface area (Å²) in [4.78, 5) is 22.2. The monoisotopic (exact) mass is 468 g/mol. The molecule has 2 N–H and O–H groups in total. The van der Waals surface area contributed by atoms with Crippen LogP contribution in [-0.4, -0.2) is 33.7 Å². The first-order valence-corrected chi connectivity index (χ1v) is 9.30. The number of benzene rings is 2. The number of carbonyl (C=O) groups is 2. The van der Waals surface area contributed by atoms with Crippen LogP contribution in [0.3, 0.4) is 0 Å². The number of carboxylic acid groups (broad SMARTS) is 2. The predicted molar refractivity (Wildman–Crippen MR) is 99.6 cm³/mol. The van der Waals surface area contributed by atoms with E-state index in [9.17, 15) is 9.59 Å². The van der Waals surface area contributed by atoms with Gasteiger partial charge in [0.25, 0.3) is 0 Å². The molecule has 0 unspecified atom stereocenters. The Kier molecular flexibility index (Phi) is 13.1. The van der Waals surface area contributed by atoms with Gasteiger partial charge in [0.2, 0.25) is 0 Å². The van der Waals surface area contributed by atoms with Crippen LogP contribution in [0, 0.1) is 0 Å². The number of halogens is 2. The van der Waals surface area contributed by atoms with E-state index in [4.69, 9.17) is 33.4 Å². The van der Waals surface area contributed by atoms with E-state index < -0.39 is 11.9 Å². The maximum atomic E-state index is 10.2. The number of hydrogen-bond donors (Lipinski definition) is 2. The molecule has 0 saturated carbocycles. The van der Waals surface area contributed by atoms with Gasteiger partial charge in [-0.25, -0.2) is 0 Å². The van der Waals surface area contributed by atoms with E-state index in [0.717, 1.165) is 9.79 Å². The van der Waals surface area contributed by atoms with Crippen molar-refractivity contribution in [2.75, 3.05) is 11.5 Å². The molecule has 0 saturated heterocycles. The maximum absolute atomic E-state index is 10.2. The normalized spacial score (nSPS) is 9.36. The van der Waals surface area contributed by atoms with Gasteiger partial charge in [-0.1, -0.05) is 23.2 Å². The third-order valence-electron chi connectivity index (χ3n) is 2.35. The first-order chi connectivity index (χ1) is 11.4. The summed E-state index contributed by atoms with van der Waals surface area (Å²) >= 11 is 13.9. The Morgan fingerprint density at radius 3 is 1.24 bits per heavy atom. The SMILES string of the molecule is O=C(O)CSc1ccc(Cl)cc1.O=C(O)CSc1ccc(Cl)cc1.[Zn]. The van der Waals surface area contributed by atoms with E-state index >= 15 is 0 Å². The molecule has 0 spiro atoms. The zero-order valence-electron chi connectivity index (χ0n) is 13.0. The third kappa shape index (κ3) is 12.3. The zero-order valence-corrected chi connectivity index (χ0v) is 19.1. The average Bonchev–Trinajstić information content (AvgIpc) is 2.54. The molecule has 0 heterocycles. The average molecular weight is 471 g/mol. The van der Waals surface area contributed by atoms with E-state index in [1.807, 2.05) is 0 Å². The van der Waals surface area contributed by atoms with Crippen molar-refractivity contribution in [3.8, 4) is 0 Å². The maximum Gasteiger partial charge on any atom is 0.313 e. The quantitative estimate of drug-likeness (QED) is 0.456. The molecule has 2 aromatic carbocycles. The van der Waals surface area contributed by atoms with Gasteiger partial charge in [-0.2, -0.15) is 0 Å². The molecular formula is C16H14Cl2O4S2Zn. The van der Waals surface area contributed by atoms with Crippen LogP contribution in [0.15, 0.2) is 58.3 Å². The Morgan fingerprint density at radius 1 is 0.720 bits per heavy atom. The molecular weight excluding hydrogens is 457 g/mol. The topological polar surface area (TPSA) is 74.6 Å². The summed E-state index contributed by atoms with van der Waals surface area (Å²) in [5.74, 6) is -1.45.